The number of hydrogen-bond acceptors (Lipinski definition) is 12. The van der Waals surface area contributed by atoms with Crippen LogP contribution in [0.1, 0.15) is 102 Å². The average Bonchev–Trinajstić information content (AvgIpc) is 3.90. The number of thioether (sulfide) groups is 1. The first-order chi connectivity index (χ1) is 26.8. The summed E-state index contributed by atoms with van der Waals surface area (Å²) in [6, 6.07) is 13.8. The van der Waals surface area contributed by atoms with Gasteiger partial charge in [0.15, 0.2) is 8.32 Å². The van der Waals surface area contributed by atoms with Crippen molar-refractivity contribution in [2.45, 2.75) is 103 Å². The second-order valence-corrected chi connectivity index (χ2v) is 24.0. The Morgan fingerprint density at radius 1 is 0.930 bits per heavy atom. The summed E-state index contributed by atoms with van der Waals surface area (Å²) < 4.78 is 18.4. The summed E-state index contributed by atoms with van der Waals surface area (Å²) in [4.78, 5) is 68.3. The van der Waals surface area contributed by atoms with Crippen LogP contribution in [0.25, 0.3) is 22.2 Å². The molecule has 0 unspecified atom stereocenters. The number of nitrogens with one attached hydrogen (secondary N) is 3. The summed E-state index contributed by atoms with van der Waals surface area (Å²) in [6.07, 6.45) is -1.86. The Bertz CT molecular complexity index is 2270. The van der Waals surface area contributed by atoms with Crippen molar-refractivity contribution in [3.63, 3.8) is 0 Å². The SMILES string of the molecule is Cc1c2[nH]c3cccc(c13)COC(=O)[C@@H](O[Si](C)(C)C(C)(C)C)C[C@H](NC(=O)OC(C)(C)C)c1nc(cs1)C(=O)N[C@H](c1nc(-c3ccccc3)cs1)CSC2=O. The fourth-order valence-electron chi connectivity index (χ4n) is 6.06. The summed E-state index contributed by atoms with van der Waals surface area (Å²) in [7, 11) is -2.60. The third-order valence-corrected chi connectivity index (χ3v) is 17.4. The maximum atomic E-state index is 14.2. The fourth-order valence-corrected chi connectivity index (χ4v) is 10.1. The zero-order valence-electron chi connectivity index (χ0n) is 33.6. The van der Waals surface area contributed by atoms with Crippen molar-refractivity contribution < 1.29 is 33.1 Å². The minimum atomic E-state index is -2.60. The average molecular weight is 848 g/mol. The molecule has 0 saturated carbocycles. The normalized spacial score (nSPS) is 19.0. The van der Waals surface area contributed by atoms with Crippen LogP contribution in [0, 0.1) is 6.92 Å². The van der Waals surface area contributed by atoms with E-state index in [4.69, 9.17) is 23.9 Å². The van der Waals surface area contributed by atoms with Gasteiger partial charge in [-0.3, -0.25) is 9.59 Å². The number of fused-ring (bicyclic) bond motifs is 3. The number of aromatic amines is 1. The molecule has 302 valence electrons. The number of ether oxygens (including phenoxy) is 2. The Morgan fingerprint density at radius 3 is 2.32 bits per heavy atom. The van der Waals surface area contributed by atoms with Crippen LogP contribution in [0.4, 0.5) is 4.79 Å². The first-order valence-electron chi connectivity index (χ1n) is 18.7. The minimum absolute atomic E-state index is 0.0359. The summed E-state index contributed by atoms with van der Waals surface area (Å²) in [5.74, 6) is -0.903. The second-order valence-electron chi connectivity index (χ2n) is 16.5. The van der Waals surface area contributed by atoms with Gasteiger partial charge in [0.2, 0.25) is 5.12 Å². The largest absolute Gasteiger partial charge is 0.459 e. The van der Waals surface area contributed by atoms with Crippen LogP contribution in [0.3, 0.4) is 0 Å². The Kier molecular flexibility index (Phi) is 12.5. The van der Waals surface area contributed by atoms with Crippen molar-refractivity contribution in [2.24, 2.45) is 0 Å². The predicted molar refractivity (Wildman–Crippen MR) is 228 cm³/mol. The van der Waals surface area contributed by atoms with E-state index >= 15 is 0 Å². The molecular formula is C41H49N5O7S3Si. The minimum Gasteiger partial charge on any atom is -0.459 e. The third-order valence-electron chi connectivity index (χ3n) is 10.0. The van der Waals surface area contributed by atoms with Crippen molar-refractivity contribution in [1.29, 1.82) is 0 Å². The topological polar surface area (TPSA) is 162 Å². The number of cyclic esters (lactones) is 1. The van der Waals surface area contributed by atoms with Crippen LogP contribution < -0.4 is 10.6 Å². The molecule has 0 saturated heterocycles. The Hall–Kier alpha value is -4.35. The van der Waals surface area contributed by atoms with Gasteiger partial charge in [-0.2, -0.15) is 0 Å². The Balaban J connectivity index is 1.43. The van der Waals surface area contributed by atoms with Crippen molar-refractivity contribution in [2.75, 3.05) is 5.75 Å². The van der Waals surface area contributed by atoms with E-state index in [1.807, 2.05) is 73.9 Å². The number of carbonyl (C=O) groups is 4. The highest BCUT2D eigenvalue weighted by Gasteiger charge is 2.43. The zero-order valence-corrected chi connectivity index (χ0v) is 37.1. The van der Waals surface area contributed by atoms with Gasteiger partial charge in [-0.15, -0.1) is 22.7 Å². The van der Waals surface area contributed by atoms with E-state index in [2.05, 4.69) is 36.4 Å². The number of nitrogens with zero attached hydrogens (tertiary/aromatic N) is 2. The Morgan fingerprint density at radius 2 is 1.61 bits per heavy atom. The molecule has 0 radical (unpaired) electrons. The molecule has 4 heterocycles. The Labute approximate surface area is 346 Å². The van der Waals surface area contributed by atoms with Crippen molar-refractivity contribution in [3.8, 4) is 11.3 Å². The monoisotopic (exact) mass is 847 g/mol. The third kappa shape index (κ3) is 10.0. The molecular weight excluding hydrogens is 799 g/mol. The van der Waals surface area contributed by atoms with Crippen LogP contribution in [0.2, 0.25) is 18.1 Å². The number of hydrogen-bond donors (Lipinski definition) is 3. The first-order valence-corrected chi connectivity index (χ1v) is 24.3. The van der Waals surface area contributed by atoms with E-state index in [1.54, 1.807) is 26.2 Å². The first kappa shape index (κ1) is 42.3. The van der Waals surface area contributed by atoms with Gasteiger partial charge >= 0.3 is 12.1 Å². The van der Waals surface area contributed by atoms with E-state index in [0.717, 1.165) is 45.0 Å². The van der Waals surface area contributed by atoms with Gasteiger partial charge in [0.25, 0.3) is 5.91 Å². The standard InChI is InChI=1S/C41H49N5O7S3Si/c1-23-32-25-16-13-17-26(32)42-33(23)38(49)56-22-30(36-44-28(20-54-36)24-14-11-10-12-15-24)43-34(47)29-21-55-35(45-29)27(46-39(50)52-40(2,3)4)18-31(37(48)51-19-25)53-57(8,9)41(5,6)7/h10-17,20-21,27,30-31,42H,18-19,22H2,1-9H3,(H,43,47)(H,46,50)/t27-,30-,31-/m0/s1. The smallest absolute Gasteiger partial charge is 0.408 e. The number of alkyl carbamates (subject to hydrolysis) is 1. The number of benzene rings is 2. The van der Waals surface area contributed by atoms with Crippen LogP contribution in [0.5, 0.6) is 0 Å². The number of H-pyrrole nitrogens is 1. The molecule has 0 spiro atoms. The molecule has 3 atom stereocenters. The van der Waals surface area contributed by atoms with Gasteiger partial charge in [-0.05, 0) is 63.0 Å². The summed E-state index contributed by atoms with van der Waals surface area (Å²) in [5, 5.41) is 10.8. The zero-order chi connectivity index (χ0) is 41.3. The van der Waals surface area contributed by atoms with E-state index < -0.39 is 50.1 Å². The number of amides is 2. The molecule has 12 nitrogen and oxygen atoms in total. The molecule has 1 aliphatic heterocycles. The summed E-state index contributed by atoms with van der Waals surface area (Å²) >= 11 is 3.64. The molecule has 5 aromatic rings. The van der Waals surface area contributed by atoms with Gasteiger partial charge in [-0.25, -0.2) is 19.6 Å². The lowest BCUT2D eigenvalue weighted by atomic mass is 10.1. The lowest BCUT2D eigenvalue weighted by Gasteiger charge is -2.39. The molecule has 57 heavy (non-hydrogen) atoms. The highest BCUT2D eigenvalue weighted by Crippen LogP contribution is 2.39. The van der Waals surface area contributed by atoms with Crippen LogP contribution in [-0.4, -0.2) is 63.8 Å². The van der Waals surface area contributed by atoms with Gasteiger partial charge in [0.05, 0.1) is 23.5 Å². The summed E-state index contributed by atoms with van der Waals surface area (Å²) in [5.41, 5.74) is 3.58. The number of esters is 1. The van der Waals surface area contributed by atoms with Gasteiger partial charge in [0.1, 0.15) is 34.0 Å². The number of thiazole rings is 2. The molecule has 4 bridgehead atoms. The fraction of sp³-hybridized carbons (Fsp3) is 0.415. The number of carbonyl (C=O) groups excluding carboxylic acids is 4. The van der Waals surface area contributed by atoms with Crippen molar-refractivity contribution in [3.05, 3.63) is 91.8 Å². The van der Waals surface area contributed by atoms with Crippen LogP contribution in [0.15, 0.2) is 59.3 Å². The summed E-state index contributed by atoms with van der Waals surface area (Å²) in [6.45, 7) is 17.4. The molecule has 3 aromatic heterocycles. The molecule has 3 N–H and O–H groups in total. The van der Waals surface area contributed by atoms with E-state index in [-0.39, 0.29) is 34.6 Å². The lowest BCUT2D eigenvalue weighted by molar-refractivity contribution is -0.154. The maximum absolute atomic E-state index is 14.2. The number of aryl methyl sites for hydroxylation is 1. The van der Waals surface area contributed by atoms with Gasteiger partial charge in [0, 0.05) is 39.4 Å². The van der Waals surface area contributed by atoms with Gasteiger partial charge < -0.3 is 29.5 Å². The van der Waals surface area contributed by atoms with Crippen LogP contribution in [-0.2, 0) is 25.3 Å². The molecule has 2 amide bonds. The molecule has 2 aromatic carbocycles. The molecule has 0 fully saturated rings. The number of rotatable bonds is 5. The predicted octanol–water partition coefficient (Wildman–Crippen LogP) is 9.50. The van der Waals surface area contributed by atoms with E-state index in [9.17, 15) is 19.2 Å². The van der Waals surface area contributed by atoms with E-state index in [1.165, 1.54) is 22.7 Å². The highest BCUT2D eigenvalue weighted by molar-refractivity contribution is 8.14. The highest BCUT2D eigenvalue weighted by atomic mass is 32.2. The molecule has 0 aliphatic carbocycles. The van der Waals surface area contributed by atoms with Crippen molar-refractivity contribution in [1.82, 2.24) is 25.6 Å². The molecule has 16 heteroatoms. The lowest BCUT2D eigenvalue weighted by Crippen LogP contribution is -2.48. The van der Waals surface area contributed by atoms with Crippen molar-refractivity contribution >= 4 is 76.7 Å². The number of aromatic nitrogens is 3. The van der Waals surface area contributed by atoms with Crippen LogP contribution >= 0.6 is 34.4 Å². The van der Waals surface area contributed by atoms with Gasteiger partial charge in [-0.1, -0.05) is 75.0 Å². The molecule has 1 aliphatic rings. The quantitative estimate of drug-likeness (QED) is 0.115. The molecule has 6 rings (SSSR count). The van der Waals surface area contributed by atoms with E-state index in [0.29, 0.717) is 15.7 Å². The second kappa shape index (κ2) is 16.9. The maximum Gasteiger partial charge on any atom is 0.408 e.